The van der Waals surface area contributed by atoms with Gasteiger partial charge < -0.3 is 15.7 Å². The molecule has 4 heteroatoms. The largest absolute Gasteiger partial charge is 0.398 e. The Morgan fingerprint density at radius 2 is 2.16 bits per heavy atom. The average molecular weight is 260 g/mol. The topological polar surface area (TPSA) is 66.6 Å². The lowest BCUT2D eigenvalue weighted by molar-refractivity contribution is 0.0752. The molecular formula is C15H20N2O2. The number of amides is 1. The van der Waals surface area contributed by atoms with Crippen molar-refractivity contribution in [2.45, 2.75) is 25.9 Å². The van der Waals surface area contributed by atoms with E-state index in [9.17, 15) is 9.90 Å². The first kappa shape index (κ1) is 12.5. The van der Waals surface area contributed by atoms with Crippen LogP contribution >= 0.6 is 0 Å². The van der Waals surface area contributed by atoms with Crippen LogP contribution in [0.3, 0.4) is 0 Å². The lowest BCUT2D eigenvalue weighted by Crippen LogP contribution is -2.32. The van der Waals surface area contributed by atoms with E-state index in [1.54, 1.807) is 6.07 Å². The summed E-state index contributed by atoms with van der Waals surface area (Å²) < 4.78 is 0. The van der Waals surface area contributed by atoms with Crippen molar-refractivity contribution in [3.63, 3.8) is 0 Å². The van der Waals surface area contributed by atoms with Crippen LogP contribution in [0.25, 0.3) is 0 Å². The van der Waals surface area contributed by atoms with Gasteiger partial charge in [0.1, 0.15) is 0 Å². The molecule has 4 nitrogen and oxygen atoms in total. The number of likely N-dealkylation sites (tertiary alicyclic amines) is 1. The zero-order chi connectivity index (χ0) is 13.6. The lowest BCUT2D eigenvalue weighted by atomic mass is 10.00. The minimum absolute atomic E-state index is 0.0113. The molecule has 1 saturated heterocycles. The molecule has 0 bridgehead atoms. The van der Waals surface area contributed by atoms with E-state index in [0.29, 0.717) is 23.7 Å². The van der Waals surface area contributed by atoms with Crippen molar-refractivity contribution >= 4 is 11.6 Å². The highest BCUT2D eigenvalue weighted by atomic mass is 16.3. The number of nitrogens with zero attached hydrogens (tertiary/aromatic N) is 1. The van der Waals surface area contributed by atoms with Crippen LogP contribution in [0.15, 0.2) is 18.2 Å². The van der Waals surface area contributed by atoms with Gasteiger partial charge in [-0.25, -0.2) is 0 Å². The second-order valence-electron chi connectivity index (χ2n) is 5.82. The van der Waals surface area contributed by atoms with Gasteiger partial charge in [0.15, 0.2) is 0 Å². The maximum atomic E-state index is 12.6. The average Bonchev–Trinajstić information content (AvgIpc) is 2.92. The molecule has 1 aliphatic heterocycles. The minimum atomic E-state index is -0.239. The number of rotatable bonds is 1. The number of aryl methyl sites for hydroxylation is 1. The molecule has 2 aliphatic rings. The van der Waals surface area contributed by atoms with E-state index in [1.807, 2.05) is 24.0 Å². The number of anilines is 1. The van der Waals surface area contributed by atoms with Crippen LogP contribution in [0.4, 0.5) is 5.69 Å². The normalized spacial score (nSPS) is 29.6. The number of benzene rings is 1. The molecule has 0 aromatic heterocycles. The summed E-state index contributed by atoms with van der Waals surface area (Å²) in [5, 5.41) is 9.92. The number of hydrogen-bond donors (Lipinski definition) is 2. The molecule has 1 aromatic carbocycles. The highest BCUT2D eigenvalue weighted by Crippen LogP contribution is 2.38. The predicted octanol–water partition coefficient (Wildman–Crippen LogP) is 1.42. The zero-order valence-electron chi connectivity index (χ0n) is 11.2. The van der Waals surface area contributed by atoms with Gasteiger partial charge in [-0.3, -0.25) is 4.79 Å². The Hall–Kier alpha value is -1.55. The molecule has 2 fully saturated rings. The highest BCUT2D eigenvalue weighted by Gasteiger charge is 2.43. The van der Waals surface area contributed by atoms with Gasteiger partial charge in [0.2, 0.25) is 0 Å². The molecule has 102 valence electrons. The third kappa shape index (κ3) is 2.00. The molecule has 0 radical (unpaired) electrons. The van der Waals surface area contributed by atoms with E-state index in [4.69, 9.17) is 5.73 Å². The van der Waals surface area contributed by atoms with Gasteiger partial charge in [0, 0.05) is 24.7 Å². The molecule has 19 heavy (non-hydrogen) atoms. The fourth-order valence-corrected chi connectivity index (χ4v) is 3.54. The van der Waals surface area contributed by atoms with E-state index >= 15 is 0 Å². The number of nitrogen functional groups attached to an aromatic ring is 1. The first-order valence-corrected chi connectivity index (χ1v) is 6.90. The van der Waals surface area contributed by atoms with E-state index < -0.39 is 0 Å². The molecular weight excluding hydrogens is 240 g/mol. The third-order valence-corrected chi connectivity index (χ3v) is 4.63. The zero-order valence-corrected chi connectivity index (χ0v) is 11.2. The van der Waals surface area contributed by atoms with Crippen LogP contribution in [-0.4, -0.2) is 35.1 Å². The van der Waals surface area contributed by atoms with Crippen LogP contribution in [-0.2, 0) is 0 Å². The maximum absolute atomic E-state index is 12.6. The quantitative estimate of drug-likeness (QED) is 0.750. The summed E-state index contributed by atoms with van der Waals surface area (Å²) >= 11 is 0. The Morgan fingerprint density at radius 3 is 2.84 bits per heavy atom. The van der Waals surface area contributed by atoms with Gasteiger partial charge in [0.25, 0.3) is 5.91 Å². The molecule has 1 amide bonds. The smallest absolute Gasteiger partial charge is 0.256 e. The summed E-state index contributed by atoms with van der Waals surface area (Å²) in [6, 6.07) is 5.55. The molecule has 0 spiro atoms. The van der Waals surface area contributed by atoms with Crippen molar-refractivity contribution in [1.82, 2.24) is 4.90 Å². The number of aliphatic hydroxyl groups is 1. The van der Waals surface area contributed by atoms with Crippen LogP contribution < -0.4 is 5.73 Å². The standard InChI is InChI=1S/C15H20N2O2/c1-9-3-2-4-12(16)14(9)15(19)17-7-10-5-6-13(18)11(10)8-17/h2-4,10-11,13,18H,5-8,16H2,1H3. The monoisotopic (exact) mass is 260 g/mol. The van der Waals surface area contributed by atoms with Gasteiger partial charge >= 0.3 is 0 Å². The molecule has 1 heterocycles. The number of nitrogens with two attached hydrogens (primary N) is 1. The Kier molecular flexibility index (Phi) is 2.97. The van der Waals surface area contributed by atoms with Gasteiger partial charge in [-0.1, -0.05) is 12.1 Å². The molecule has 1 saturated carbocycles. The first-order chi connectivity index (χ1) is 9.08. The van der Waals surface area contributed by atoms with Crippen molar-refractivity contribution in [1.29, 1.82) is 0 Å². The Balaban J connectivity index is 1.83. The van der Waals surface area contributed by atoms with Crippen LogP contribution in [0.2, 0.25) is 0 Å². The molecule has 1 aliphatic carbocycles. The first-order valence-electron chi connectivity index (χ1n) is 6.90. The number of fused-ring (bicyclic) bond motifs is 1. The van der Waals surface area contributed by atoms with Gasteiger partial charge in [0.05, 0.1) is 11.7 Å². The van der Waals surface area contributed by atoms with Crippen LogP contribution in [0.5, 0.6) is 0 Å². The van der Waals surface area contributed by atoms with E-state index in [2.05, 4.69) is 0 Å². The summed E-state index contributed by atoms with van der Waals surface area (Å²) in [4.78, 5) is 14.4. The molecule has 3 rings (SSSR count). The SMILES string of the molecule is Cc1cccc(N)c1C(=O)N1CC2CCC(O)C2C1. The maximum Gasteiger partial charge on any atom is 0.256 e. The van der Waals surface area contributed by atoms with Crippen molar-refractivity contribution in [2.75, 3.05) is 18.8 Å². The number of aliphatic hydroxyl groups excluding tert-OH is 1. The van der Waals surface area contributed by atoms with Crippen LogP contribution in [0.1, 0.15) is 28.8 Å². The molecule has 3 N–H and O–H groups in total. The molecule has 3 unspecified atom stereocenters. The number of carbonyl (C=O) groups is 1. The molecule has 3 atom stereocenters. The van der Waals surface area contributed by atoms with Crippen molar-refractivity contribution < 1.29 is 9.90 Å². The van der Waals surface area contributed by atoms with Crippen molar-refractivity contribution in [3.05, 3.63) is 29.3 Å². The summed E-state index contributed by atoms with van der Waals surface area (Å²) in [5.41, 5.74) is 8.02. The summed E-state index contributed by atoms with van der Waals surface area (Å²) in [6.07, 6.45) is 1.67. The van der Waals surface area contributed by atoms with Crippen molar-refractivity contribution in [3.8, 4) is 0 Å². The highest BCUT2D eigenvalue weighted by molar-refractivity contribution is 6.00. The molecule has 1 aromatic rings. The van der Waals surface area contributed by atoms with Gasteiger partial charge in [-0.15, -0.1) is 0 Å². The summed E-state index contributed by atoms with van der Waals surface area (Å²) in [6.45, 7) is 3.34. The van der Waals surface area contributed by atoms with Crippen LogP contribution in [0, 0.1) is 18.8 Å². The third-order valence-electron chi connectivity index (χ3n) is 4.63. The van der Waals surface area contributed by atoms with E-state index in [-0.39, 0.29) is 17.9 Å². The Labute approximate surface area is 113 Å². The predicted molar refractivity (Wildman–Crippen MR) is 73.7 cm³/mol. The Bertz CT molecular complexity index is 495. The summed E-state index contributed by atoms with van der Waals surface area (Å²) in [5.74, 6) is 0.732. The number of carbonyl (C=O) groups excluding carboxylic acids is 1. The number of hydrogen-bond acceptors (Lipinski definition) is 3. The van der Waals surface area contributed by atoms with E-state index in [1.165, 1.54) is 0 Å². The van der Waals surface area contributed by atoms with Crippen molar-refractivity contribution in [2.24, 2.45) is 11.8 Å². The lowest BCUT2D eigenvalue weighted by Gasteiger charge is -2.20. The minimum Gasteiger partial charge on any atom is -0.398 e. The van der Waals surface area contributed by atoms with Gasteiger partial charge in [-0.05, 0) is 37.3 Å². The fraction of sp³-hybridized carbons (Fsp3) is 0.533. The Morgan fingerprint density at radius 1 is 1.37 bits per heavy atom. The second kappa shape index (κ2) is 4.53. The second-order valence-corrected chi connectivity index (χ2v) is 5.82. The summed E-state index contributed by atoms with van der Waals surface area (Å²) in [7, 11) is 0. The fourth-order valence-electron chi connectivity index (χ4n) is 3.54. The van der Waals surface area contributed by atoms with Gasteiger partial charge in [-0.2, -0.15) is 0 Å². The van der Waals surface area contributed by atoms with E-state index in [0.717, 1.165) is 24.9 Å².